The fourth-order valence-corrected chi connectivity index (χ4v) is 12.6. The number of carbonyl (C=O) groups is 2. The number of Topliss-reactive ketones (excluding diaryl/α,β-unsaturated/α-hetero) is 1. The number of benzene rings is 3. The predicted molar refractivity (Wildman–Crippen MR) is 163 cm³/mol. The van der Waals surface area contributed by atoms with Crippen molar-refractivity contribution in [2.24, 2.45) is 5.92 Å². The van der Waals surface area contributed by atoms with E-state index >= 15 is 0 Å². The van der Waals surface area contributed by atoms with Gasteiger partial charge in [-0.3, -0.25) is 9.69 Å². The third-order valence-corrected chi connectivity index (χ3v) is 14.8. The first-order chi connectivity index (χ1) is 20.3. The Bertz CT molecular complexity index is 1470. The van der Waals surface area contributed by atoms with Gasteiger partial charge in [-0.05, 0) is 33.8 Å². The molecule has 3 fully saturated rings. The van der Waals surface area contributed by atoms with Crippen LogP contribution in [-0.2, 0) is 18.7 Å². The van der Waals surface area contributed by atoms with Crippen LogP contribution in [0.1, 0.15) is 45.2 Å². The van der Waals surface area contributed by atoms with E-state index in [4.69, 9.17) is 13.9 Å². The van der Waals surface area contributed by atoms with E-state index in [1.807, 2.05) is 48.5 Å². The van der Waals surface area contributed by atoms with Gasteiger partial charge in [-0.25, -0.2) is 4.79 Å². The van der Waals surface area contributed by atoms with E-state index in [0.29, 0.717) is 12.8 Å². The molecule has 3 aromatic rings. The second-order valence-electron chi connectivity index (χ2n) is 13.0. The fourth-order valence-electron chi connectivity index (χ4n) is 7.87. The Hall–Kier alpha value is -3.52. The Morgan fingerprint density at radius 3 is 2.07 bits per heavy atom. The van der Waals surface area contributed by atoms with Crippen molar-refractivity contribution in [1.82, 2.24) is 4.90 Å². The summed E-state index contributed by atoms with van der Waals surface area (Å²) in [6.45, 7) is 6.97. The summed E-state index contributed by atoms with van der Waals surface area (Å²) in [7, 11) is -2.92. The molecule has 1 amide bonds. The van der Waals surface area contributed by atoms with Crippen LogP contribution in [-0.4, -0.2) is 55.6 Å². The van der Waals surface area contributed by atoms with Gasteiger partial charge in [0.2, 0.25) is 0 Å². The third-order valence-electron chi connectivity index (χ3n) is 9.69. The van der Waals surface area contributed by atoms with Crippen LogP contribution in [0.4, 0.5) is 4.79 Å². The number of amides is 1. The highest BCUT2D eigenvalue weighted by Crippen LogP contribution is 2.53. The first-order valence-corrected chi connectivity index (χ1v) is 16.9. The average Bonchev–Trinajstić information content (AvgIpc) is 3.68. The van der Waals surface area contributed by atoms with Crippen LogP contribution >= 0.6 is 0 Å². The first kappa shape index (κ1) is 27.3. The van der Waals surface area contributed by atoms with Gasteiger partial charge in [0, 0.05) is 0 Å². The summed E-state index contributed by atoms with van der Waals surface area (Å²) in [5, 5.41) is 2.13. The molecule has 0 aromatic heterocycles. The van der Waals surface area contributed by atoms with Crippen LogP contribution in [0.25, 0.3) is 0 Å². The summed E-state index contributed by atoms with van der Waals surface area (Å²) in [6.07, 6.45) is 4.15. The van der Waals surface area contributed by atoms with Crippen LogP contribution in [0.3, 0.4) is 0 Å². The molecule has 1 spiro atoms. The molecule has 1 saturated carbocycles. The number of hydrogen-bond acceptors (Lipinski definition) is 5. The van der Waals surface area contributed by atoms with Gasteiger partial charge in [0.1, 0.15) is 18.8 Å². The summed E-state index contributed by atoms with van der Waals surface area (Å²) in [5.41, 5.74) is 0.238. The van der Waals surface area contributed by atoms with Crippen LogP contribution < -0.4 is 10.4 Å². The molecule has 0 radical (unpaired) electrons. The normalized spacial score (nSPS) is 30.5. The molecule has 6 nitrogen and oxygen atoms in total. The van der Waals surface area contributed by atoms with E-state index < -0.39 is 38.1 Å². The maximum atomic E-state index is 14.8. The maximum absolute atomic E-state index is 14.8. The van der Waals surface area contributed by atoms with Gasteiger partial charge in [0.15, 0.2) is 5.78 Å². The van der Waals surface area contributed by atoms with Crippen molar-refractivity contribution in [3.8, 4) is 0 Å². The predicted octanol–water partition coefficient (Wildman–Crippen LogP) is 5.18. The van der Waals surface area contributed by atoms with Crippen molar-refractivity contribution in [3.05, 3.63) is 109 Å². The molecule has 3 heterocycles. The number of rotatable bonds is 6. The molecular formula is C35H37NO5Si. The maximum Gasteiger partial charge on any atom is 0.411 e. The van der Waals surface area contributed by atoms with Crippen LogP contribution in [0.15, 0.2) is 103 Å². The number of ether oxygens (including phenoxy) is 2. The zero-order valence-electron chi connectivity index (χ0n) is 24.3. The molecule has 7 heteroatoms. The van der Waals surface area contributed by atoms with E-state index in [2.05, 4.69) is 75.4 Å². The van der Waals surface area contributed by atoms with Gasteiger partial charge in [0.25, 0.3) is 8.32 Å². The second-order valence-corrected chi connectivity index (χ2v) is 17.2. The molecule has 216 valence electrons. The fraction of sp³-hybridized carbons (Fsp3) is 0.371. The average molecular weight is 580 g/mol. The molecule has 4 aliphatic rings. The molecule has 7 rings (SSSR count). The summed E-state index contributed by atoms with van der Waals surface area (Å²) in [5.74, 6) is -0.513. The minimum Gasteiger partial charge on any atom is -0.447 e. The van der Waals surface area contributed by atoms with Gasteiger partial charge < -0.3 is 13.9 Å². The molecule has 2 bridgehead atoms. The lowest BCUT2D eigenvalue weighted by atomic mass is 9.81. The van der Waals surface area contributed by atoms with Gasteiger partial charge in [0.05, 0.1) is 23.7 Å². The largest absolute Gasteiger partial charge is 0.447 e. The Labute approximate surface area is 248 Å². The van der Waals surface area contributed by atoms with E-state index in [1.165, 1.54) is 10.4 Å². The highest BCUT2D eigenvalue weighted by molar-refractivity contribution is 6.99. The lowest BCUT2D eigenvalue weighted by Crippen LogP contribution is -2.69. The van der Waals surface area contributed by atoms with Gasteiger partial charge >= 0.3 is 6.09 Å². The Kier molecular flexibility index (Phi) is 6.53. The lowest BCUT2D eigenvalue weighted by molar-refractivity contribution is -0.164. The van der Waals surface area contributed by atoms with E-state index in [1.54, 1.807) is 4.90 Å². The van der Waals surface area contributed by atoms with Crippen LogP contribution in [0, 0.1) is 5.92 Å². The lowest BCUT2D eigenvalue weighted by Gasteiger charge is -2.48. The van der Waals surface area contributed by atoms with E-state index in [-0.39, 0.29) is 29.6 Å². The summed E-state index contributed by atoms with van der Waals surface area (Å²) >= 11 is 0. The third kappa shape index (κ3) is 4.05. The van der Waals surface area contributed by atoms with Crippen LogP contribution in [0.5, 0.6) is 0 Å². The van der Waals surface area contributed by atoms with E-state index in [9.17, 15) is 9.59 Å². The van der Waals surface area contributed by atoms with Gasteiger partial charge in [-0.2, -0.15) is 0 Å². The Balaban J connectivity index is 1.30. The molecule has 42 heavy (non-hydrogen) atoms. The first-order valence-electron chi connectivity index (χ1n) is 14.9. The highest BCUT2D eigenvalue weighted by Gasteiger charge is 2.66. The molecule has 0 unspecified atom stereocenters. The summed E-state index contributed by atoms with van der Waals surface area (Å²) in [6, 6.07) is 29.7. The quantitative estimate of drug-likeness (QED) is 0.298. The second kappa shape index (κ2) is 10.0. The number of ketones is 1. The van der Waals surface area contributed by atoms with Crippen molar-refractivity contribution in [2.75, 3.05) is 6.61 Å². The number of fused-ring (bicyclic) bond motifs is 1. The molecule has 2 saturated heterocycles. The number of carbonyl (C=O) groups excluding carboxylic acids is 2. The zero-order valence-corrected chi connectivity index (χ0v) is 25.3. The molecule has 1 aliphatic carbocycles. The number of cyclic esters (lactones) is 1. The van der Waals surface area contributed by atoms with Gasteiger partial charge in [-0.1, -0.05) is 124 Å². The molecule has 3 aliphatic heterocycles. The van der Waals surface area contributed by atoms with Crippen LogP contribution in [0.2, 0.25) is 5.04 Å². The highest BCUT2D eigenvalue weighted by atomic mass is 28.4. The standard InChI is InChI=1S/C35H37NO5Si/c1-34(2,3)42(25-15-9-5-10-16-25,26-17-11-6-12-18-26)41-28-19-21-35-22-20-29(40-35)31(32(37)30(28)35)36-27(23-39-33(36)38)24-13-7-4-8-14-24/h4-18,20,22,27-31H,19,21,23H2,1-3H3/t27-,28-,29+,30-,31+,35-/m0/s1. The monoisotopic (exact) mass is 579 g/mol. The Morgan fingerprint density at radius 2 is 1.48 bits per heavy atom. The van der Waals surface area contributed by atoms with Gasteiger partial charge in [-0.15, -0.1) is 0 Å². The van der Waals surface area contributed by atoms with E-state index in [0.717, 1.165) is 5.56 Å². The summed E-state index contributed by atoms with van der Waals surface area (Å²) < 4.78 is 19.8. The van der Waals surface area contributed by atoms with Crippen molar-refractivity contribution >= 4 is 30.6 Å². The van der Waals surface area contributed by atoms with Crippen molar-refractivity contribution in [2.45, 2.75) is 68.5 Å². The molecular weight excluding hydrogens is 542 g/mol. The minimum atomic E-state index is -2.92. The Morgan fingerprint density at radius 1 is 0.881 bits per heavy atom. The SMILES string of the molecule is CC(C)(C)[Si](O[C@H]1CC[C@@]23C=C[C@@H](O2)[C@@H](N2C(=O)OC[C@H]2c2ccccc2)C(=O)[C@H]13)(c1ccccc1)c1ccccc1. The molecule has 6 atom stereocenters. The number of nitrogens with zero attached hydrogens (tertiary/aromatic N) is 1. The van der Waals surface area contributed by atoms with Crippen molar-refractivity contribution < 1.29 is 23.5 Å². The topological polar surface area (TPSA) is 65.1 Å². The molecule has 0 N–H and O–H groups in total. The van der Waals surface area contributed by atoms with Crippen molar-refractivity contribution in [3.63, 3.8) is 0 Å². The molecule has 3 aromatic carbocycles. The smallest absolute Gasteiger partial charge is 0.411 e. The zero-order chi connectivity index (χ0) is 29.1. The van der Waals surface area contributed by atoms with Crippen molar-refractivity contribution in [1.29, 1.82) is 0 Å². The summed E-state index contributed by atoms with van der Waals surface area (Å²) in [4.78, 5) is 29.6. The minimum absolute atomic E-state index is 0.0106. The number of hydrogen-bond donors (Lipinski definition) is 0.